The van der Waals surface area contributed by atoms with Crippen molar-refractivity contribution in [3.8, 4) is 11.5 Å². The minimum atomic E-state index is -0.470. The Balaban J connectivity index is 2.12. The van der Waals surface area contributed by atoms with E-state index in [4.69, 9.17) is 26.4 Å². The van der Waals surface area contributed by atoms with Crippen molar-refractivity contribution < 1.29 is 23.8 Å². The average Bonchev–Trinajstić information content (AvgIpc) is 2.87. The highest BCUT2D eigenvalue weighted by atomic mass is 32.2. The molecule has 1 aliphatic rings. The maximum atomic E-state index is 12.6. The Kier molecular flexibility index (Phi) is 7.05. The molecule has 0 unspecified atom stereocenters. The summed E-state index contributed by atoms with van der Waals surface area (Å²) in [6, 6.07) is 5.34. The lowest BCUT2D eigenvalue weighted by atomic mass is 10.2. The van der Waals surface area contributed by atoms with Gasteiger partial charge in [-0.2, -0.15) is 0 Å². The van der Waals surface area contributed by atoms with Crippen LogP contribution in [-0.4, -0.2) is 48.5 Å². The zero-order valence-electron chi connectivity index (χ0n) is 15.1. The third-order valence-electron chi connectivity index (χ3n) is 3.44. The number of carbonyl (C=O) groups is 2. The number of thioether (sulfide) groups is 1. The Morgan fingerprint density at radius 1 is 1.27 bits per heavy atom. The van der Waals surface area contributed by atoms with Gasteiger partial charge in [0, 0.05) is 0 Å². The number of nitrogens with zero attached hydrogens (tertiary/aromatic N) is 1. The van der Waals surface area contributed by atoms with Crippen molar-refractivity contribution in [3.63, 3.8) is 0 Å². The molecule has 0 aromatic heterocycles. The summed E-state index contributed by atoms with van der Waals surface area (Å²) in [5.74, 6) is 0.618. The molecule has 1 heterocycles. The van der Waals surface area contributed by atoms with Crippen molar-refractivity contribution in [1.29, 1.82) is 0 Å². The van der Waals surface area contributed by atoms with Gasteiger partial charge in [0.2, 0.25) is 0 Å². The van der Waals surface area contributed by atoms with Crippen LogP contribution in [0, 0.1) is 5.92 Å². The normalized spacial score (nSPS) is 15.7. The third-order valence-corrected chi connectivity index (χ3v) is 4.82. The fourth-order valence-electron chi connectivity index (χ4n) is 2.16. The molecule has 0 spiro atoms. The van der Waals surface area contributed by atoms with Gasteiger partial charge in [0.1, 0.15) is 10.9 Å². The molecule has 26 heavy (non-hydrogen) atoms. The minimum absolute atomic E-state index is 0.180. The molecular weight excluding hydrogens is 374 g/mol. The predicted molar refractivity (Wildman–Crippen MR) is 105 cm³/mol. The van der Waals surface area contributed by atoms with Crippen molar-refractivity contribution in [3.05, 3.63) is 28.7 Å². The number of esters is 1. The topological polar surface area (TPSA) is 65.1 Å². The van der Waals surface area contributed by atoms with Gasteiger partial charge in [-0.25, -0.2) is 0 Å². The van der Waals surface area contributed by atoms with Crippen LogP contribution in [0.3, 0.4) is 0 Å². The van der Waals surface area contributed by atoms with E-state index in [1.807, 2.05) is 19.9 Å². The fourth-order valence-corrected chi connectivity index (χ4v) is 3.42. The Hall–Kier alpha value is -2.06. The molecule has 1 saturated heterocycles. The second-order valence-electron chi connectivity index (χ2n) is 5.96. The van der Waals surface area contributed by atoms with Gasteiger partial charge in [0.15, 0.2) is 11.5 Å². The summed E-state index contributed by atoms with van der Waals surface area (Å²) in [5, 5.41) is 0. The summed E-state index contributed by atoms with van der Waals surface area (Å²) in [6.45, 7) is 4.02. The lowest BCUT2D eigenvalue weighted by Crippen LogP contribution is -2.34. The van der Waals surface area contributed by atoms with Crippen molar-refractivity contribution in [2.45, 2.75) is 13.8 Å². The molecule has 1 aliphatic heterocycles. The maximum absolute atomic E-state index is 12.6. The molecule has 6 nitrogen and oxygen atoms in total. The summed E-state index contributed by atoms with van der Waals surface area (Å²) in [6.07, 6.45) is 1.71. The first-order valence-corrected chi connectivity index (χ1v) is 9.21. The molecule has 140 valence electrons. The van der Waals surface area contributed by atoms with Crippen LogP contribution in [0.15, 0.2) is 23.1 Å². The molecule has 0 radical (unpaired) electrons. The van der Waals surface area contributed by atoms with E-state index in [0.717, 1.165) is 17.3 Å². The zero-order valence-corrected chi connectivity index (χ0v) is 16.7. The fraction of sp³-hybridized carbons (Fsp3) is 0.389. The minimum Gasteiger partial charge on any atom is -0.493 e. The molecule has 0 bridgehead atoms. The van der Waals surface area contributed by atoms with Crippen molar-refractivity contribution >= 4 is 46.3 Å². The van der Waals surface area contributed by atoms with E-state index in [1.165, 1.54) is 4.90 Å². The van der Waals surface area contributed by atoms with Gasteiger partial charge < -0.3 is 14.2 Å². The molecule has 0 N–H and O–H groups in total. The molecule has 2 rings (SSSR count). The van der Waals surface area contributed by atoms with E-state index in [-0.39, 0.29) is 18.4 Å². The molecule has 0 atom stereocenters. The van der Waals surface area contributed by atoms with Gasteiger partial charge in [-0.05, 0) is 29.7 Å². The molecule has 1 amide bonds. The van der Waals surface area contributed by atoms with Crippen LogP contribution in [-0.2, 0) is 14.3 Å². The highest BCUT2D eigenvalue weighted by Crippen LogP contribution is 2.34. The Bertz CT molecular complexity index is 745. The Morgan fingerprint density at radius 3 is 2.58 bits per heavy atom. The summed E-state index contributed by atoms with van der Waals surface area (Å²) >= 11 is 6.38. The van der Waals surface area contributed by atoms with Crippen LogP contribution in [0.5, 0.6) is 11.5 Å². The number of rotatable bonds is 7. The predicted octanol–water partition coefficient (Wildman–Crippen LogP) is 3.10. The van der Waals surface area contributed by atoms with Gasteiger partial charge in [0.25, 0.3) is 5.91 Å². The van der Waals surface area contributed by atoms with E-state index < -0.39 is 5.97 Å². The number of hydrogen-bond acceptors (Lipinski definition) is 7. The first-order valence-electron chi connectivity index (χ1n) is 7.98. The van der Waals surface area contributed by atoms with Gasteiger partial charge >= 0.3 is 5.97 Å². The summed E-state index contributed by atoms with van der Waals surface area (Å²) in [7, 11) is 3.10. The first kappa shape index (κ1) is 20.3. The molecule has 0 aliphatic carbocycles. The lowest BCUT2D eigenvalue weighted by molar-refractivity contribution is -0.147. The average molecular weight is 396 g/mol. The van der Waals surface area contributed by atoms with E-state index >= 15 is 0 Å². The number of thiocarbonyl (C=S) groups is 1. The SMILES string of the molecule is COc1ccc(/C=C2\SC(=S)N(CC(=O)OCC(C)C)C2=O)cc1OC. The van der Waals surface area contributed by atoms with Crippen molar-refractivity contribution in [2.75, 3.05) is 27.4 Å². The van der Waals surface area contributed by atoms with Crippen LogP contribution in [0.1, 0.15) is 19.4 Å². The summed E-state index contributed by atoms with van der Waals surface area (Å²) in [5.41, 5.74) is 0.769. The first-order chi connectivity index (χ1) is 12.3. The van der Waals surface area contributed by atoms with E-state index in [9.17, 15) is 9.59 Å². The van der Waals surface area contributed by atoms with Crippen LogP contribution in [0.4, 0.5) is 0 Å². The van der Waals surface area contributed by atoms with Crippen LogP contribution < -0.4 is 9.47 Å². The van der Waals surface area contributed by atoms with Crippen LogP contribution in [0.25, 0.3) is 6.08 Å². The molecule has 0 saturated carbocycles. The van der Waals surface area contributed by atoms with Crippen LogP contribution >= 0.6 is 24.0 Å². The molecule has 1 aromatic carbocycles. The van der Waals surface area contributed by atoms with Gasteiger partial charge in [-0.15, -0.1) is 0 Å². The number of methoxy groups -OCH3 is 2. The molecular formula is C18H21NO5S2. The van der Waals surface area contributed by atoms with Crippen molar-refractivity contribution in [1.82, 2.24) is 4.90 Å². The Morgan fingerprint density at radius 2 is 1.96 bits per heavy atom. The number of benzene rings is 1. The molecule has 1 fully saturated rings. The number of amides is 1. The molecule has 8 heteroatoms. The number of hydrogen-bond donors (Lipinski definition) is 0. The largest absolute Gasteiger partial charge is 0.493 e. The van der Waals surface area contributed by atoms with E-state index in [0.29, 0.717) is 27.3 Å². The molecule has 1 aromatic rings. The summed E-state index contributed by atoms with van der Waals surface area (Å²) in [4.78, 5) is 26.1. The standard InChI is InChI=1S/C18H21NO5S2/c1-11(2)10-24-16(20)9-19-17(21)15(26-18(19)25)8-12-5-6-13(22-3)14(7-12)23-4/h5-8,11H,9-10H2,1-4H3/b15-8-. The zero-order chi connectivity index (χ0) is 19.3. The van der Waals surface area contributed by atoms with Crippen LogP contribution in [0.2, 0.25) is 0 Å². The quantitative estimate of drug-likeness (QED) is 0.399. The third kappa shape index (κ3) is 4.98. The van der Waals surface area contributed by atoms with E-state index in [1.54, 1.807) is 32.4 Å². The monoisotopic (exact) mass is 395 g/mol. The Labute approximate surface area is 162 Å². The lowest BCUT2D eigenvalue weighted by Gasteiger charge is -2.14. The second kappa shape index (κ2) is 9.05. The van der Waals surface area contributed by atoms with Crippen molar-refractivity contribution in [2.24, 2.45) is 5.92 Å². The number of ether oxygens (including phenoxy) is 3. The highest BCUT2D eigenvalue weighted by Gasteiger charge is 2.33. The smallest absolute Gasteiger partial charge is 0.326 e. The number of carbonyl (C=O) groups excluding carboxylic acids is 2. The van der Waals surface area contributed by atoms with E-state index in [2.05, 4.69) is 0 Å². The van der Waals surface area contributed by atoms with Gasteiger partial charge in [0.05, 0.1) is 25.7 Å². The van der Waals surface area contributed by atoms with Gasteiger partial charge in [-0.3, -0.25) is 14.5 Å². The summed E-state index contributed by atoms with van der Waals surface area (Å²) < 4.78 is 15.9. The highest BCUT2D eigenvalue weighted by molar-refractivity contribution is 8.26. The van der Waals surface area contributed by atoms with Gasteiger partial charge in [-0.1, -0.05) is 43.9 Å². The maximum Gasteiger partial charge on any atom is 0.326 e. The second-order valence-corrected chi connectivity index (χ2v) is 7.63.